The molecule has 0 unspecified atom stereocenters. The molecule has 10 nitrogen and oxygen atoms in total. The lowest BCUT2D eigenvalue weighted by Gasteiger charge is -2.38. The fourth-order valence-electron chi connectivity index (χ4n) is 4.49. The molecule has 11 heteroatoms. The number of para-hydroxylation sites is 2. The van der Waals surface area contributed by atoms with Crippen LogP contribution in [0.5, 0.6) is 5.75 Å². The largest absolute Gasteiger partial charge is 0.486 e. The van der Waals surface area contributed by atoms with E-state index >= 15 is 0 Å². The van der Waals surface area contributed by atoms with Crippen molar-refractivity contribution in [1.29, 1.82) is 0 Å². The molecular weight excluding hydrogens is 532 g/mol. The van der Waals surface area contributed by atoms with Crippen molar-refractivity contribution in [2.75, 3.05) is 37.4 Å². The molecule has 0 radical (unpaired) electrons. The highest BCUT2D eigenvalue weighted by atomic mass is 32.2. The summed E-state index contributed by atoms with van der Waals surface area (Å²) in [7, 11) is -2.34. The Morgan fingerprint density at radius 2 is 1.70 bits per heavy atom. The number of likely N-dealkylation sites (N-methyl/N-ethyl adjacent to an activating group) is 1. The summed E-state index contributed by atoms with van der Waals surface area (Å²) >= 11 is 0. The number of aliphatic hydroxyl groups excluding tert-OH is 1. The first-order valence-electron chi connectivity index (χ1n) is 13.0. The van der Waals surface area contributed by atoms with Gasteiger partial charge in [0.15, 0.2) is 5.75 Å². The van der Waals surface area contributed by atoms with Gasteiger partial charge in [0.25, 0.3) is 5.91 Å². The number of aliphatic hydroxyl groups is 1. The Morgan fingerprint density at radius 3 is 2.35 bits per heavy atom. The van der Waals surface area contributed by atoms with Gasteiger partial charge >= 0.3 is 6.03 Å². The van der Waals surface area contributed by atoms with Gasteiger partial charge in [0.05, 0.1) is 35.3 Å². The van der Waals surface area contributed by atoms with Crippen LogP contribution >= 0.6 is 0 Å². The van der Waals surface area contributed by atoms with Crippen LogP contribution in [0.4, 0.5) is 16.2 Å². The second-order valence-electron chi connectivity index (χ2n) is 9.85. The number of amides is 3. The van der Waals surface area contributed by atoms with E-state index in [1.54, 1.807) is 72.5 Å². The van der Waals surface area contributed by atoms with Crippen molar-refractivity contribution in [3.63, 3.8) is 0 Å². The minimum atomic E-state index is -3.82. The highest BCUT2D eigenvalue weighted by molar-refractivity contribution is 7.89. The Labute approximate surface area is 234 Å². The van der Waals surface area contributed by atoms with Crippen molar-refractivity contribution in [3.8, 4) is 5.75 Å². The molecule has 0 aromatic heterocycles. The van der Waals surface area contributed by atoms with Gasteiger partial charge in [-0.05, 0) is 43.3 Å². The molecule has 4 rings (SSSR count). The van der Waals surface area contributed by atoms with Gasteiger partial charge in [-0.25, -0.2) is 13.2 Å². The molecule has 1 aliphatic rings. The Kier molecular flexibility index (Phi) is 9.08. The minimum Gasteiger partial charge on any atom is -0.486 e. The number of hydrogen-bond acceptors (Lipinski definition) is 6. The quantitative estimate of drug-likeness (QED) is 0.380. The van der Waals surface area contributed by atoms with E-state index in [0.717, 1.165) is 0 Å². The molecule has 3 aromatic rings. The van der Waals surface area contributed by atoms with E-state index in [9.17, 15) is 23.1 Å². The van der Waals surface area contributed by atoms with Gasteiger partial charge < -0.3 is 25.4 Å². The zero-order valence-corrected chi connectivity index (χ0v) is 23.5. The van der Waals surface area contributed by atoms with Gasteiger partial charge in [-0.3, -0.25) is 4.79 Å². The van der Waals surface area contributed by atoms with Crippen molar-refractivity contribution >= 4 is 33.3 Å². The fourth-order valence-corrected chi connectivity index (χ4v) is 5.69. The number of benzene rings is 3. The first kappa shape index (κ1) is 29.1. The average molecular weight is 567 g/mol. The number of nitrogens with zero attached hydrogens (tertiary/aromatic N) is 2. The molecule has 0 saturated heterocycles. The number of carbonyl (C=O) groups is 2. The number of fused-ring (bicyclic) bond motifs is 1. The molecule has 212 valence electrons. The lowest BCUT2D eigenvalue weighted by molar-refractivity contribution is 0.0389. The SMILES string of the molecule is C[C@@H]1CN([C@@H](C)CO)C(=O)c2cccc(NC(=O)Nc3ccccc3)c2O[C@@H]1CN(C)S(=O)(=O)c1ccccc1. The standard InChI is InChI=1S/C29H34N4O6S/c1-20-17-33(21(2)19-34)28(35)24-15-10-16-25(31-29(36)30-22-11-6-4-7-12-22)27(24)39-26(20)18-32(3)40(37,38)23-13-8-5-9-14-23/h4-16,20-21,26,34H,17-19H2,1-3H3,(H2,30,31,36)/t20-,21+,26-/m1/s1. The number of ether oxygens (including phenoxy) is 1. The number of urea groups is 1. The first-order valence-corrected chi connectivity index (χ1v) is 14.4. The summed E-state index contributed by atoms with van der Waals surface area (Å²) in [6, 6.07) is 20.8. The lowest BCUT2D eigenvalue weighted by Crippen LogP contribution is -2.50. The monoisotopic (exact) mass is 566 g/mol. The molecule has 3 N–H and O–H groups in total. The van der Waals surface area contributed by atoms with Gasteiger partial charge in [-0.2, -0.15) is 4.31 Å². The van der Waals surface area contributed by atoms with Crippen LogP contribution in [0.3, 0.4) is 0 Å². The molecule has 3 aromatic carbocycles. The molecule has 40 heavy (non-hydrogen) atoms. The molecular formula is C29H34N4O6S. The lowest BCUT2D eigenvalue weighted by atomic mass is 9.99. The van der Waals surface area contributed by atoms with Crippen LogP contribution in [0.25, 0.3) is 0 Å². The maximum atomic E-state index is 13.6. The van der Waals surface area contributed by atoms with Crippen LogP contribution in [0.2, 0.25) is 0 Å². The molecule has 0 aliphatic carbocycles. The van der Waals surface area contributed by atoms with E-state index in [-0.39, 0.29) is 53.4 Å². The summed E-state index contributed by atoms with van der Waals surface area (Å²) in [4.78, 5) is 28.2. The molecule has 3 amide bonds. The van der Waals surface area contributed by atoms with Gasteiger partial charge in [0.2, 0.25) is 10.0 Å². The number of anilines is 2. The van der Waals surface area contributed by atoms with Crippen LogP contribution in [-0.4, -0.2) is 73.6 Å². The summed E-state index contributed by atoms with van der Waals surface area (Å²) in [5.41, 5.74) is 1.03. The number of nitrogens with one attached hydrogen (secondary N) is 2. The highest BCUT2D eigenvalue weighted by Gasteiger charge is 2.36. The molecule has 0 spiro atoms. The molecule has 0 saturated carbocycles. The predicted octanol–water partition coefficient (Wildman–Crippen LogP) is 3.87. The number of sulfonamides is 1. The van der Waals surface area contributed by atoms with Gasteiger partial charge in [-0.15, -0.1) is 0 Å². The van der Waals surface area contributed by atoms with E-state index in [4.69, 9.17) is 4.74 Å². The maximum Gasteiger partial charge on any atom is 0.323 e. The summed E-state index contributed by atoms with van der Waals surface area (Å²) in [6.07, 6.45) is -0.691. The van der Waals surface area contributed by atoms with Crippen molar-refractivity contribution in [2.45, 2.75) is 30.9 Å². The van der Waals surface area contributed by atoms with Crippen LogP contribution in [0.15, 0.2) is 83.8 Å². The van der Waals surface area contributed by atoms with Crippen LogP contribution in [0, 0.1) is 5.92 Å². The van der Waals surface area contributed by atoms with Gasteiger partial charge in [0, 0.05) is 25.2 Å². The summed E-state index contributed by atoms with van der Waals surface area (Å²) in [5, 5.41) is 15.4. The van der Waals surface area contributed by atoms with Crippen molar-refractivity contribution < 1.29 is 27.9 Å². The number of carbonyl (C=O) groups excluding carboxylic acids is 2. The van der Waals surface area contributed by atoms with Crippen molar-refractivity contribution in [1.82, 2.24) is 9.21 Å². The highest BCUT2D eigenvalue weighted by Crippen LogP contribution is 2.35. The summed E-state index contributed by atoms with van der Waals surface area (Å²) in [5.74, 6) is -0.558. The van der Waals surface area contributed by atoms with E-state index < -0.39 is 28.2 Å². The van der Waals surface area contributed by atoms with Crippen LogP contribution in [0.1, 0.15) is 24.2 Å². The van der Waals surface area contributed by atoms with E-state index in [1.807, 2.05) is 13.0 Å². The molecule has 0 bridgehead atoms. The topological polar surface area (TPSA) is 128 Å². The number of rotatable bonds is 8. The Hall–Kier alpha value is -3.93. The van der Waals surface area contributed by atoms with Crippen LogP contribution in [-0.2, 0) is 10.0 Å². The maximum absolute atomic E-state index is 13.6. The second-order valence-corrected chi connectivity index (χ2v) is 11.9. The third-order valence-corrected chi connectivity index (χ3v) is 8.70. The third-order valence-electron chi connectivity index (χ3n) is 6.86. The van der Waals surface area contributed by atoms with Gasteiger partial charge in [-0.1, -0.05) is 49.4 Å². The van der Waals surface area contributed by atoms with Crippen molar-refractivity contribution in [3.05, 3.63) is 84.4 Å². The zero-order valence-electron chi connectivity index (χ0n) is 22.7. The average Bonchev–Trinajstić information content (AvgIpc) is 2.95. The summed E-state index contributed by atoms with van der Waals surface area (Å²) in [6.45, 7) is 3.57. The summed E-state index contributed by atoms with van der Waals surface area (Å²) < 4.78 is 34.2. The van der Waals surface area contributed by atoms with E-state index in [0.29, 0.717) is 5.69 Å². The van der Waals surface area contributed by atoms with Gasteiger partial charge in [0.1, 0.15) is 6.10 Å². The zero-order chi connectivity index (χ0) is 28.9. The van der Waals surface area contributed by atoms with E-state index in [2.05, 4.69) is 10.6 Å². The first-order chi connectivity index (χ1) is 19.1. The van der Waals surface area contributed by atoms with E-state index in [1.165, 1.54) is 23.5 Å². The Morgan fingerprint density at radius 1 is 1.05 bits per heavy atom. The molecule has 0 fully saturated rings. The predicted molar refractivity (Wildman–Crippen MR) is 153 cm³/mol. The smallest absolute Gasteiger partial charge is 0.323 e. The number of hydrogen-bond donors (Lipinski definition) is 3. The van der Waals surface area contributed by atoms with Crippen LogP contribution < -0.4 is 15.4 Å². The second kappa shape index (κ2) is 12.5. The normalized spacial score (nSPS) is 18.2. The molecule has 1 heterocycles. The minimum absolute atomic E-state index is 0.0160. The van der Waals surface area contributed by atoms with Crippen molar-refractivity contribution in [2.24, 2.45) is 5.92 Å². The molecule has 1 aliphatic heterocycles. The molecule has 3 atom stereocenters. The Bertz CT molecular complexity index is 1440. The fraction of sp³-hybridized carbons (Fsp3) is 0.310. The third kappa shape index (κ3) is 6.44. The Balaban J connectivity index is 1.69.